The van der Waals surface area contributed by atoms with Gasteiger partial charge in [-0.05, 0) is 36.2 Å². The maximum absolute atomic E-state index is 11.7. The van der Waals surface area contributed by atoms with E-state index in [9.17, 15) is 4.79 Å². The lowest BCUT2D eigenvalue weighted by Crippen LogP contribution is -2.05. The molecule has 0 atom stereocenters. The van der Waals surface area contributed by atoms with E-state index in [1.807, 2.05) is 25.1 Å². The van der Waals surface area contributed by atoms with Crippen molar-refractivity contribution in [3.63, 3.8) is 0 Å². The Hall–Kier alpha value is -2.01. The Morgan fingerprint density at radius 3 is 2.62 bits per heavy atom. The Bertz CT molecular complexity index is 582. The molecule has 1 heterocycles. The number of esters is 1. The van der Waals surface area contributed by atoms with E-state index in [1.165, 1.54) is 0 Å². The average molecular weight is 302 g/mol. The highest BCUT2D eigenvalue weighted by Crippen LogP contribution is 2.22. The molecule has 2 aromatic rings. The summed E-state index contributed by atoms with van der Waals surface area (Å²) in [5.74, 6) is 1.07. The van der Waals surface area contributed by atoms with Gasteiger partial charge >= 0.3 is 5.97 Å². The monoisotopic (exact) mass is 302 g/mol. The minimum absolute atomic E-state index is 0.265. The van der Waals surface area contributed by atoms with Crippen molar-refractivity contribution in [1.29, 1.82) is 0 Å². The number of thioether (sulfide) groups is 1. The number of anilines is 1. The topological polar surface area (TPSA) is 65.2 Å². The molecule has 5 heteroatoms. The van der Waals surface area contributed by atoms with Gasteiger partial charge in [0.15, 0.2) is 0 Å². The Morgan fingerprint density at radius 2 is 2.00 bits per heavy atom. The number of ether oxygens (including phenoxy) is 1. The van der Waals surface area contributed by atoms with Crippen molar-refractivity contribution in [1.82, 2.24) is 4.98 Å². The molecule has 0 bridgehead atoms. The van der Waals surface area contributed by atoms with Crippen LogP contribution in [-0.2, 0) is 10.5 Å². The van der Waals surface area contributed by atoms with Crippen molar-refractivity contribution < 1.29 is 9.53 Å². The van der Waals surface area contributed by atoms with Crippen LogP contribution in [0.1, 0.15) is 29.3 Å². The maximum Gasteiger partial charge on any atom is 0.338 e. The number of hydrogen-bond donors (Lipinski definition) is 1. The molecular weight excluding hydrogens is 284 g/mol. The van der Waals surface area contributed by atoms with E-state index in [0.717, 1.165) is 22.6 Å². The summed E-state index contributed by atoms with van der Waals surface area (Å²) < 4.78 is 5.09. The van der Waals surface area contributed by atoms with Gasteiger partial charge in [-0.25, -0.2) is 9.78 Å². The summed E-state index contributed by atoms with van der Waals surface area (Å²) in [7, 11) is 0. The number of carbonyl (C=O) groups excluding carboxylic acids is 1. The standard InChI is InChI=1S/C16H18N2O2S/c1-2-9-20-16(19)13-5-3-12(4-6-13)11-21-14-7-8-15(17)18-10-14/h3-8,10H,2,9,11H2,1H3,(H2,17,18). The van der Waals surface area contributed by atoms with E-state index in [0.29, 0.717) is 18.0 Å². The summed E-state index contributed by atoms with van der Waals surface area (Å²) in [6.07, 6.45) is 2.59. The summed E-state index contributed by atoms with van der Waals surface area (Å²) in [5.41, 5.74) is 7.28. The van der Waals surface area contributed by atoms with Crippen molar-refractivity contribution in [2.75, 3.05) is 12.3 Å². The molecule has 0 aliphatic rings. The molecule has 2 N–H and O–H groups in total. The molecule has 1 aromatic heterocycles. The van der Waals surface area contributed by atoms with Crippen LogP contribution in [0, 0.1) is 0 Å². The predicted octanol–water partition coefficient (Wildman–Crippen LogP) is 3.52. The van der Waals surface area contributed by atoms with Gasteiger partial charge in [-0.15, -0.1) is 11.8 Å². The van der Waals surface area contributed by atoms with Crippen LogP contribution >= 0.6 is 11.8 Å². The molecule has 110 valence electrons. The number of nitrogens with two attached hydrogens (primary N) is 1. The van der Waals surface area contributed by atoms with E-state index in [-0.39, 0.29) is 5.97 Å². The number of aromatic nitrogens is 1. The minimum atomic E-state index is -0.265. The van der Waals surface area contributed by atoms with Gasteiger partial charge in [-0.3, -0.25) is 0 Å². The first-order valence-corrected chi connectivity index (χ1v) is 7.78. The van der Waals surface area contributed by atoms with Crippen LogP contribution < -0.4 is 5.73 Å². The number of pyridine rings is 1. The van der Waals surface area contributed by atoms with Crippen molar-refractivity contribution >= 4 is 23.5 Å². The summed E-state index contributed by atoms with van der Waals surface area (Å²) in [4.78, 5) is 16.8. The third-order valence-corrected chi connectivity index (χ3v) is 3.84. The quantitative estimate of drug-likeness (QED) is 0.653. The van der Waals surface area contributed by atoms with Crippen LogP contribution in [-0.4, -0.2) is 17.6 Å². The summed E-state index contributed by atoms with van der Waals surface area (Å²) in [6, 6.07) is 11.2. The Kier molecular flexibility index (Phi) is 5.63. The largest absolute Gasteiger partial charge is 0.462 e. The highest BCUT2D eigenvalue weighted by molar-refractivity contribution is 7.98. The van der Waals surface area contributed by atoms with E-state index >= 15 is 0 Å². The molecule has 0 unspecified atom stereocenters. The van der Waals surface area contributed by atoms with Crippen LogP contribution in [0.15, 0.2) is 47.5 Å². The van der Waals surface area contributed by atoms with Gasteiger partial charge in [0.05, 0.1) is 12.2 Å². The number of benzene rings is 1. The molecule has 1 aromatic carbocycles. The van der Waals surface area contributed by atoms with Crippen LogP contribution in [0.3, 0.4) is 0 Å². The lowest BCUT2D eigenvalue weighted by atomic mass is 10.1. The molecule has 0 saturated heterocycles. The number of carbonyl (C=O) groups is 1. The summed E-state index contributed by atoms with van der Waals surface area (Å²) in [6.45, 7) is 2.43. The third kappa shape index (κ3) is 4.79. The zero-order valence-electron chi connectivity index (χ0n) is 11.9. The summed E-state index contributed by atoms with van der Waals surface area (Å²) in [5, 5.41) is 0. The van der Waals surface area contributed by atoms with E-state index in [1.54, 1.807) is 36.2 Å². The van der Waals surface area contributed by atoms with Crippen LogP contribution in [0.2, 0.25) is 0 Å². The minimum Gasteiger partial charge on any atom is -0.462 e. The first-order chi connectivity index (χ1) is 10.2. The van der Waals surface area contributed by atoms with Gasteiger partial charge in [0, 0.05) is 16.8 Å². The Balaban J connectivity index is 1.90. The SMILES string of the molecule is CCCOC(=O)c1ccc(CSc2ccc(N)nc2)cc1. The molecule has 0 aliphatic carbocycles. The zero-order chi connectivity index (χ0) is 15.1. The molecule has 0 saturated carbocycles. The maximum atomic E-state index is 11.7. The van der Waals surface area contributed by atoms with Crippen molar-refractivity contribution in [2.24, 2.45) is 0 Å². The second-order valence-electron chi connectivity index (χ2n) is 4.54. The molecule has 0 fully saturated rings. The molecule has 0 amide bonds. The van der Waals surface area contributed by atoms with Crippen molar-refractivity contribution in [3.05, 3.63) is 53.7 Å². The molecular formula is C16H18N2O2S. The fraction of sp³-hybridized carbons (Fsp3) is 0.250. The normalized spacial score (nSPS) is 10.3. The van der Waals surface area contributed by atoms with Crippen LogP contribution in [0.5, 0.6) is 0 Å². The Morgan fingerprint density at radius 1 is 1.24 bits per heavy atom. The lowest BCUT2D eigenvalue weighted by Gasteiger charge is -2.05. The highest BCUT2D eigenvalue weighted by Gasteiger charge is 2.06. The predicted molar refractivity (Wildman–Crippen MR) is 85.2 cm³/mol. The smallest absolute Gasteiger partial charge is 0.338 e. The Labute approximate surface area is 128 Å². The fourth-order valence-electron chi connectivity index (χ4n) is 1.66. The average Bonchev–Trinajstić information content (AvgIpc) is 2.52. The third-order valence-electron chi connectivity index (χ3n) is 2.79. The summed E-state index contributed by atoms with van der Waals surface area (Å²) >= 11 is 1.68. The van der Waals surface area contributed by atoms with Gasteiger partial charge in [0.1, 0.15) is 5.82 Å². The molecule has 21 heavy (non-hydrogen) atoms. The second-order valence-corrected chi connectivity index (χ2v) is 5.59. The lowest BCUT2D eigenvalue weighted by molar-refractivity contribution is 0.0505. The fourth-order valence-corrected chi connectivity index (χ4v) is 2.48. The van der Waals surface area contributed by atoms with Gasteiger partial charge < -0.3 is 10.5 Å². The molecule has 0 spiro atoms. The number of nitrogen functional groups attached to an aromatic ring is 1. The number of nitrogens with zero attached hydrogens (tertiary/aromatic N) is 1. The van der Waals surface area contributed by atoms with E-state index in [4.69, 9.17) is 10.5 Å². The van der Waals surface area contributed by atoms with Gasteiger partial charge in [-0.2, -0.15) is 0 Å². The first-order valence-electron chi connectivity index (χ1n) is 6.79. The number of hydrogen-bond acceptors (Lipinski definition) is 5. The number of rotatable bonds is 6. The van der Waals surface area contributed by atoms with E-state index in [2.05, 4.69) is 4.98 Å². The first kappa shape index (κ1) is 15.4. The van der Waals surface area contributed by atoms with Gasteiger partial charge in [-0.1, -0.05) is 19.1 Å². The van der Waals surface area contributed by atoms with Gasteiger partial charge in [0.25, 0.3) is 0 Å². The zero-order valence-corrected chi connectivity index (χ0v) is 12.7. The molecule has 0 radical (unpaired) electrons. The van der Waals surface area contributed by atoms with Crippen LogP contribution in [0.25, 0.3) is 0 Å². The van der Waals surface area contributed by atoms with Crippen molar-refractivity contribution in [2.45, 2.75) is 24.0 Å². The van der Waals surface area contributed by atoms with Crippen LogP contribution in [0.4, 0.5) is 5.82 Å². The molecule has 4 nitrogen and oxygen atoms in total. The molecule has 0 aliphatic heterocycles. The second kappa shape index (κ2) is 7.69. The van der Waals surface area contributed by atoms with Crippen molar-refractivity contribution in [3.8, 4) is 0 Å². The molecule has 2 rings (SSSR count). The highest BCUT2D eigenvalue weighted by atomic mass is 32.2. The van der Waals surface area contributed by atoms with Gasteiger partial charge in [0.2, 0.25) is 0 Å². The van der Waals surface area contributed by atoms with E-state index < -0.39 is 0 Å².